The molecule has 13 aromatic carbocycles. The molecule has 2 nitrogen and oxygen atoms in total. The maximum Gasteiger partial charge on any atom is 0.0541 e. The summed E-state index contributed by atoms with van der Waals surface area (Å²) < 4.78 is 4.78. The van der Waals surface area contributed by atoms with Crippen molar-refractivity contribution in [2.45, 2.75) is 0 Å². The van der Waals surface area contributed by atoms with E-state index in [4.69, 9.17) is 0 Å². The molecule has 0 saturated carbocycles. The fraction of sp³-hybridized carbons (Fsp3) is 0. The average molecular weight is 1020 g/mol. The van der Waals surface area contributed by atoms with E-state index in [2.05, 4.69) is 325 Å². The third-order valence-electron chi connectivity index (χ3n) is 16.2. The van der Waals surface area contributed by atoms with Gasteiger partial charge < -0.3 is 9.13 Å². The second-order valence-corrected chi connectivity index (χ2v) is 20.9. The first-order valence-corrected chi connectivity index (χ1v) is 27.5. The number of rotatable bonds is 10. The van der Waals surface area contributed by atoms with E-state index in [1.165, 1.54) is 138 Å². The Morgan fingerprint density at radius 3 is 0.762 bits per heavy atom. The third-order valence-corrected chi connectivity index (χ3v) is 16.2. The lowest BCUT2D eigenvalue weighted by molar-refractivity contribution is 1.18. The summed E-state index contributed by atoms with van der Waals surface area (Å²) in [5.74, 6) is 0. The molecule has 0 atom stereocenters. The first kappa shape index (κ1) is 46.7. The van der Waals surface area contributed by atoms with E-state index < -0.39 is 0 Å². The number of para-hydroxylation sites is 3. The Hall–Kier alpha value is -10.5. The minimum atomic E-state index is 1.14. The van der Waals surface area contributed by atoms with Crippen molar-refractivity contribution < 1.29 is 0 Å². The fourth-order valence-corrected chi connectivity index (χ4v) is 12.1. The van der Waals surface area contributed by atoms with Crippen LogP contribution in [0.4, 0.5) is 0 Å². The predicted molar refractivity (Wildman–Crippen MR) is 339 cm³/mol. The molecule has 2 heterocycles. The molecule has 80 heavy (non-hydrogen) atoms. The van der Waals surface area contributed by atoms with Gasteiger partial charge >= 0.3 is 0 Å². The van der Waals surface area contributed by atoms with E-state index >= 15 is 0 Å². The van der Waals surface area contributed by atoms with Gasteiger partial charge in [0.2, 0.25) is 0 Å². The molecule has 374 valence electrons. The number of fused-ring (bicyclic) bond motifs is 6. The highest BCUT2D eigenvalue weighted by atomic mass is 15.0. The standard InChI is InChI=1S/C78H52N2/c1-3-14-53(15-4-1)61-16-11-17-62(48-61)59-36-38-60(39-37-59)64-19-13-21-66(50-64)65-20-12-18-63(49-65)58-34-32-55(33-35-58)54-28-30-56(31-29-54)57-40-44-70(45-41-57)80-76-27-10-8-25-72(76)74-52-68(43-47-78(74)80)67-42-46-77-73(51-67)71-24-7-9-26-75(71)79(77)69-22-5-2-6-23-69/h1-52H. The maximum absolute atomic E-state index is 2.41. The second kappa shape index (κ2) is 19.8. The Balaban J connectivity index is 0.649. The van der Waals surface area contributed by atoms with Crippen molar-refractivity contribution >= 4 is 43.6 Å². The SMILES string of the molecule is c1ccc(-c2cccc(-c3ccc(-c4cccc(-c5cccc(-c6ccc(-c7ccc(-c8ccc(-n9c%10ccccc%10c%10cc(-c%11ccc%12c(c%11)c%11ccccc%11n%12-c%11ccccc%11)ccc%109)cc8)cc7)cc6)c5)c4)cc3)c2)cc1. The van der Waals surface area contributed by atoms with Crippen LogP contribution < -0.4 is 0 Å². The highest BCUT2D eigenvalue weighted by Gasteiger charge is 2.17. The summed E-state index contributed by atoms with van der Waals surface area (Å²) in [6.45, 7) is 0. The van der Waals surface area contributed by atoms with Crippen LogP contribution in [-0.4, -0.2) is 9.13 Å². The molecular weight excluding hydrogens is 965 g/mol. The Morgan fingerprint density at radius 2 is 0.375 bits per heavy atom. The van der Waals surface area contributed by atoms with E-state index in [9.17, 15) is 0 Å². The number of nitrogens with zero attached hydrogens (tertiary/aromatic N) is 2. The molecule has 0 amide bonds. The molecule has 0 radical (unpaired) electrons. The van der Waals surface area contributed by atoms with Crippen LogP contribution in [0.25, 0.3) is 144 Å². The summed E-state index contributed by atoms with van der Waals surface area (Å²) in [7, 11) is 0. The monoisotopic (exact) mass is 1020 g/mol. The molecule has 0 fully saturated rings. The molecule has 2 aromatic heterocycles. The topological polar surface area (TPSA) is 9.86 Å². The van der Waals surface area contributed by atoms with Crippen LogP contribution in [0.15, 0.2) is 315 Å². The summed E-state index contributed by atoms with van der Waals surface area (Å²) in [6.07, 6.45) is 0. The van der Waals surface area contributed by atoms with Crippen LogP contribution in [0.2, 0.25) is 0 Å². The molecule has 0 spiro atoms. The van der Waals surface area contributed by atoms with Crippen LogP contribution in [0.1, 0.15) is 0 Å². The minimum absolute atomic E-state index is 1.14. The van der Waals surface area contributed by atoms with Gasteiger partial charge in [-0.25, -0.2) is 0 Å². The van der Waals surface area contributed by atoms with Crippen LogP contribution in [0.5, 0.6) is 0 Å². The van der Waals surface area contributed by atoms with Crippen LogP contribution in [0.3, 0.4) is 0 Å². The molecule has 0 bridgehead atoms. The zero-order valence-corrected chi connectivity index (χ0v) is 43.9. The van der Waals surface area contributed by atoms with E-state index in [1.54, 1.807) is 0 Å². The van der Waals surface area contributed by atoms with Crippen molar-refractivity contribution in [3.05, 3.63) is 315 Å². The summed E-state index contributed by atoms with van der Waals surface area (Å²) in [5, 5.41) is 5.00. The zero-order valence-electron chi connectivity index (χ0n) is 43.9. The van der Waals surface area contributed by atoms with Gasteiger partial charge in [0.15, 0.2) is 0 Å². The second-order valence-electron chi connectivity index (χ2n) is 20.9. The van der Waals surface area contributed by atoms with E-state index in [0.717, 1.165) is 5.69 Å². The van der Waals surface area contributed by atoms with Crippen molar-refractivity contribution in [2.75, 3.05) is 0 Å². The van der Waals surface area contributed by atoms with Gasteiger partial charge in [-0.2, -0.15) is 0 Å². The van der Waals surface area contributed by atoms with Gasteiger partial charge in [-0.3, -0.25) is 0 Å². The first-order valence-electron chi connectivity index (χ1n) is 27.5. The van der Waals surface area contributed by atoms with Gasteiger partial charge in [-0.1, -0.05) is 237 Å². The molecular formula is C78H52N2. The van der Waals surface area contributed by atoms with Gasteiger partial charge in [0, 0.05) is 32.9 Å². The Bertz CT molecular complexity index is 4760. The lowest BCUT2D eigenvalue weighted by atomic mass is 9.94. The van der Waals surface area contributed by atoms with Crippen molar-refractivity contribution in [1.82, 2.24) is 9.13 Å². The maximum atomic E-state index is 2.41. The van der Waals surface area contributed by atoms with Gasteiger partial charge in [0.25, 0.3) is 0 Å². The van der Waals surface area contributed by atoms with Crippen molar-refractivity contribution in [2.24, 2.45) is 0 Å². The van der Waals surface area contributed by atoms with Crippen LogP contribution >= 0.6 is 0 Å². The highest BCUT2D eigenvalue weighted by molar-refractivity contribution is 6.13. The smallest absolute Gasteiger partial charge is 0.0541 e. The molecule has 0 saturated heterocycles. The molecule has 0 aliphatic carbocycles. The van der Waals surface area contributed by atoms with Gasteiger partial charge in [0.1, 0.15) is 0 Å². The quantitative estimate of drug-likeness (QED) is 0.129. The Labute approximate surface area is 466 Å². The van der Waals surface area contributed by atoms with Crippen molar-refractivity contribution in [3.8, 4) is 100 Å². The largest absolute Gasteiger partial charge is 0.309 e. The highest BCUT2D eigenvalue weighted by Crippen LogP contribution is 2.40. The third kappa shape index (κ3) is 8.48. The lowest BCUT2D eigenvalue weighted by Crippen LogP contribution is -1.94. The summed E-state index contributed by atoms with van der Waals surface area (Å²) in [5.41, 5.74) is 26.4. The van der Waals surface area contributed by atoms with Crippen molar-refractivity contribution in [1.29, 1.82) is 0 Å². The summed E-state index contributed by atoms with van der Waals surface area (Å²) >= 11 is 0. The lowest BCUT2D eigenvalue weighted by Gasteiger charge is -2.11. The number of aromatic nitrogens is 2. The number of hydrogen-bond donors (Lipinski definition) is 0. The average Bonchev–Trinajstić information content (AvgIpc) is 4.08. The summed E-state index contributed by atoms with van der Waals surface area (Å²) in [4.78, 5) is 0. The Kier molecular flexibility index (Phi) is 11.6. The van der Waals surface area contributed by atoms with Crippen LogP contribution in [-0.2, 0) is 0 Å². The van der Waals surface area contributed by atoms with E-state index in [0.29, 0.717) is 0 Å². The Morgan fingerprint density at radius 1 is 0.138 bits per heavy atom. The zero-order chi connectivity index (χ0) is 52.9. The first-order chi connectivity index (χ1) is 39.6. The summed E-state index contributed by atoms with van der Waals surface area (Å²) in [6, 6.07) is 115. The van der Waals surface area contributed by atoms with Gasteiger partial charge in [-0.15, -0.1) is 0 Å². The van der Waals surface area contributed by atoms with Crippen molar-refractivity contribution in [3.63, 3.8) is 0 Å². The molecule has 0 unspecified atom stereocenters. The molecule has 15 rings (SSSR count). The molecule has 2 heteroatoms. The predicted octanol–water partition coefficient (Wildman–Crippen LogP) is 21.2. The normalized spacial score (nSPS) is 11.5. The van der Waals surface area contributed by atoms with Crippen LogP contribution in [0, 0.1) is 0 Å². The van der Waals surface area contributed by atoms with E-state index in [1.807, 2.05) is 0 Å². The minimum Gasteiger partial charge on any atom is -0.309 e. The van der Waals surface area contributed by atoms with E-state index in [-0.39, 0.29) is 0 Å². The van der Waals surface area contributed by atoms with Gasteiger partial charge in [0.05, 0.1) is 22.1 Å². The number of benzene rings is 13. The molecule has 0 aliphatic heterocycles. The molecule has 0 aliphatic rings. The fourth-order valence-electron chi connectivity index (χ4n) is 12.1. The van der Waals surface area contributed by atoms with Gasteiger partial charge in [-0.05, 0) is 168 Å². The number of hydrogen-bond acceptors (Lipinski definition) is 0. The molecule has 0 N–H and O–H groups in total. The molecule has 15 aromatic rings.